The number of hydrogen-bond acceptors (Lipinski definition) is 2. The molecule has 96 valence electrons. The van der Waals surface area contributed by atoms with E-state index in [1.54, 1.807) is 7.11 Å². The lowest BCUT2D eigenvalue weighted by Gasteiger charge is -2.14. The van der Waals surface area contributed by atoms with Crippen molar-refractivity contribution in [3.05, 3.63) is 28.2 Å². The molecule has 0 spiro atoms. The average molecular weight is 321 g/mol. The van der Waals surface area contributed by atoms with E-state index in [2.05, 4.69) is 27.3 Å². The van der Waals surface area contributed by atoms with Crippen LogP contribution in [-0.4, -0.2) is 13.2 Å². The van der Waals surface area contributed by atoms with Gasteiger partial charge in [-0.1, -0.05) is 28.8 Å². The first-order valence-corrected chi connectivity index (χ1v) is 6.64. The topological polar surface area (TPSA) is 21.3 Å². The number of benzene rings is 1. The quantitative estimate of drug-likeness (QED) is 0.908. The molecule has 0 amide bonds. The van der Waals surface area contributed by atoms with Crippen LogP contribution in [0.4, 0.5) is 0 Å². The third-order valence-electron chi connectivity index (χ3n) is 3.18. The molecule has 4 heteroatoms. The highest BCUT2D eigenvalue weighted by Gasteiger charge is 2.14. The van der Waals surface area contributed by atoms with Crippen LogP contribution in [0.3, 0.4) is 0 Å². The summed E-state index contributed by atoms with van der Waals surface area (Å²) < 4.78 is 6.46. The van der Waals surface area contributed by atoms with E-state index in [1.165, 1.54) is 31.2 Å². The lowest BCUT2D eigenvalue weighted by Crippen LogP contribution is -2.25. The Balaban J connectivity index is 0.00000144. The van der Waals surface area contributed by atoms with Gasteiger partial charge in [0.25, 0.3) is 0 Å². The minimum Gasteiger partial charge on any atom is -0.496 e. The first kappa shape index (κ1) is 14.8. The van der Waals surface area contributed by atoms with E-state index in [9.17, 15) is 0 Å². The van der Waals surface area contributed by atoms with Gasteiger partial charge in [0.2, 0.25) is 0 Å². The maximum atomic E-state index is 5.35. The van der Waals surface area contributed by atoms with Gasteiger partial charge in [-0.15, -0.1) is 12.4 Å². The Morgan fingerprint density at radius 3 is 2.71 bits per heavy atom. The second-order valence-electron chi connectivity index (χ2n) is 4.32. The molecule has 1 N–H and O–H groups in total. The fourth-order valence-corrected chi connectivity index (χ4v) is 2.68. The summed E-state index contributed by atoms with van der Waals surface area (Å²) in [5, 5.41) is 3.60. The van der Waals surface area contributed by atoms with E-state index in [0.29, 0.717) is 6.04 Å². The third kappa shape index (κ3) is 4.16. The Morgan fingerprint density at radius 2 is 2.06 bits per heavy atom. The molecule has 1 aromatic carbocycles. The Hall–Kier alpha value is -0.250. The van der Waals surface area contributed by atoms with Gasteiger partial charge in [0.15, 0.2) is 0 Å². The van der Waals surface area contributed by atoms with Crippen molar-refractivity contribution < 1.29 is 4.74 Å². The summed E-state index contributed by atoms with van der Waals surface area (Å²) in [7, 11) is 1.72. The molecule has 0 saturated heterocycles. The van der Waals surface area contributed by atoms with Crippen molar-refractivity contribution in [2.45, 2.75) is 38.3 Å². The molecule has 0 heterocycles. The first-order chi connectivity index (χ1) is 7.79. The molecule has 0 atom stereocenters. The SMILES string of the molecule is COc1ccc(Br)cc1CNC1CCCC1.Cl. The predicted molar refractivity (Wildman–Crippen MR) is 77.0 cm³/mol. The van der Waals surface area contributed by atoms with Crippen molar-refractivity contribution in [3.63, 3.8) is 0 Å². The number of methoxy groups -OCH3 is 1. The van der Waals surface area contributed by atoms with Crippen molar-refractivity contribution in [3.8, 4) is 5.75 Å². The van der Waals surface area contributed by atoms with E-state index < -0.39 is 0 Å². The van der Waals surface area contributed by atoms with Gasteiger partial charge in [-0.25, -0.2) is 0 Å². The van der Waals surface area contributed by atoms with Gasteiger partial charge < -0.3 is 10.1 Å². The monoisotopic (exact) mass is 319 g/mol. The molecule has 0 aromatic heterocycles. The van der Waals surface area contributed by atoms with Crippen LogP contribution in [0.25, 0.3) is 0 Å². The summed E-state index contributed by atoms with van der Waals surface area (Å²) in [6.45, 7) is 0.896. The molecule has 0 radical (unpaired) electrons. The summed E-state index contributed by atoms with van der Waals surface area (Å²) in [6, 6.07) is 6.85. The Bertz CT molecular complexity index is 353. The molecule has 0 unspecified atom stereocenters. The number of hydrogen-bond donors (Lipinski definition) is 1. The lowest BCUT2D eigenvalue weighted by molar-refractivity contribution is 0.405. The zero-order valence-corrected chi connectivity index (χ0v) is 12.4. The molecule has 1 saturated carbocycles. The zero-order valence-electron chi connectivity index (χ0n) is 10.0. The highest BCUT2D eigenvalue weighted by atomic mass is 79.9. The minimum atomic E-state index is 0. The number of rotatable bonds is 4. The van der Waals surface area contributed by atoms with Crippen molar-refractivity contribution in [2.75, 3.05) is 7.11 Å². The zero-order chi connectivity index (χ0) is 11.4. The molecule has 2 nitrogen and oxygen atoms in total. The summed E-state index contributed by atoms with van der Waals surface area (Å²) in [5.74, 6) is 0.966. The summed E-state index contributed by atoms with van der Waals surface area (Å²) in [5.41, 5.74) is 1.23. The van der Waals surface area contributed by atoms with Crippen molar-refractivity contribution in [1.82, 2.24) is 5.32 Å². The van der Waals surface area contributed by atoms with Crippen molar-refractivity contribution in [1.29, 1.82) is 0 Å². The molecule has 1 aliphatic rings. The number of halogens is 2. The van der Waals surface area contributed by atoms with Gasteiger partial charge in [-0.05, 0) is 31.0 Å². The molecular formula is C13H19BrClNO. The fourth-order valence-electron chi connectivity index (χ4n) is 2.27. The highest BCUT2D eigenvalue weighted by Crippen LogP contribution is 2.24. The van der Waals surface area contributed by atoms with Crippen LogP contribution in [0.2, 0.25) is 0 Å². The average Bonchev–Trinajstić information content (AvgIpc) is 2.79. The van der Waals surface area contributed by atoms with Crippen LogP contribution >= 0.6 is 28.3 Å². The molecule has 1 aliphatic carbocycles. The summed E-state index contributed by atoms with van der Waals surface area (Å²) in [4.78, 5) is 0. The standard InChI is InChI=1S/C13H18BrNO.ClH/c1-16-13-7-6-11(14)8-10(13)9-15-12-4-2-3-5-12;/h6-8,12,15H,2-5,9H2,1H3;1H. The van der Waals surface area contributed by atoms with Crippen molar-refractivity contribution >= 4 is 28.3 Å². The van der Waals surface area contributed by atoms with Crippen molar-refractivity contribution in [2.24, 2.45) is 0 Å². The third-order valence-corrected chi connectivity index (χ3v) is 3.67. The van der Waals surface area contributed by atoms with E-state index in [0.717, 1.165) is 16.8 Å². The fraction of sp³-hybridized carbons (Fsp3) is 0.538. The molecular weight excluding hydrogens is 302 g/mol. The smallest absolute Gasteiger partial charge is 0.123 e. The lowest BCUT2D eigenvalue weighted by atomic mass is 10.1. The van der Waals surface area contributed by atoms with E-state index in [-0.39, 0.29) is 12.4 Å². The number of nitrogens with one attached hydrogen (secondary N) is 1. The maximum Gasteiger partial charge on any atom is 0.123 e. The van der Waals surface area contributed by atoms with E-state index >= 15 is 0 Å². The Morgan fingerprint density at radius 1 is 1.35 bits per heavy atom. The van der Waals surface area contributed by atoms with Crippen LogP contribution in [0.15, 0.2) is 22.7 Å². The van der Waals surface area contributed by atoms with Crippen LogP contribution in [0.1, 0.15) is 31.2 Å². The normalized spacial score (nSPS) is 15.6. The second-order valence-corrected chi connectivity index (χ2v) is 5.23. The maximum absolute atomic E-state index is 5.35. The predicted octanol–water partition coefficient (Wildman–Crippen LogP) is 3.91. The Labute approximate surface area is 118 Å². The van der Waals surface area contributed by atoms with E-state index in [4.69, 9.17) is 4.74 Å². The van der Waals surface area contributed by atoms with Gasteiger partial charge in [0, 0.05) is 22.6 Å². The van der Waals surface area contributed by atoms with Gasteiger partial charge in [-0.3, -0.25) is 0 Å². The van der Waals surface area contributed by atoms with Gasteiger partial charge in [0.1, 0.15) is 5.75 Å². The largest absolute Gasteiger partial charge is 0.496 e. The van der Waals surface area contributed by atoms with Crippen LogP contribution in [0.5, 0.6) is 5.75 Å². The molecule has 1 fully saturated rings. The first-order valence-electron chi connectivity index (χ1n) is 5.85. The molecule has 0 bridgehead atoms. The van der Waals surface area contributed by atoms with Gasteiger partial charge in [-0.2, -0.15) is 0 Å². The summed E-state index contributed by atoms with van der Waals surface area (Å²) in [6.07, 6.45) is 5.37. The number of ether oxygens (including phenoxy) is 1. The summed E-state index contributed by atoms with van der Waals surface area (Å²) >= 11 is 3.50. The van der Waals surface area contributed by atoms with Crippen LogP contribution in [-0.2, 0) is 6.54 Å². The molecule has 2 rings (SSSR count). The van der Waals surface area contributed by atoms with E-state index in [1.807, 2.05) is 12.1 Å². The molecule has 17 heavy (non-hydrogen) atoms. The molecule has 0 aliphatic heterocycles. The second kappa shape index (κ2) is 7.24. The Kier molecular flexibility index (Phi) is 6.31. The van der Waals surface area contributed by atoms with Gasteiger partial charge >= 0.3 is 0 Å². The van der Waals surface area contributed by atoms with Crippen LogP contribution in [0, 0.1) is 0 Å². The van der Waals surface area contributed by atoms with Crippen LogP contribution < -0.4 is 10.1 Å². The highest BCUT2D eigenvalue weighted by molar-refractivity contribution is 9.10. The van der Waals surface area contributed by atoms with Gasteiger partial charge in [0.05, 0.1) is 7.11 Å². The minimum absolute atomic E-state index is 0. The molecule has 1 aromatic rings.